The second kappa shape index (κ2) is 7.70. The van der Waals surface area contributed by atoms with Crippen molar-refractivity contribution in [3.05, 3.63) is 71.6 Å². The van der Waals surface area contributed by atoms with Crippen LogP contribution in [-0.2, 0) is 6.42 Å². The molecule has 1 saturated heterocycles. The summed E-state index contributed by atoms with van der Waals surface area (Å²) in [6.07, 6.45) is 8.17. The number of benzene rings is 1. The average molecular weight is 402 g/mol. The molecule has 2 aliphatic rings. The van der Waals surface area contributed by atoms with Crippen LogP contribution >= 0.6 is 0 Å². The second-order valence-electron chi connectivity index (χ2n) is 7.64. The lowest BCUT2D eigenvalue weighted by atomic mass is 9.98. The van der Waals surface area contributed by atoms with E-state index >= 15 is 0 Å². The summed E-state index contributed by atoms with van der Waals surface area (Å²) < 4.78 is 0. The molecular formula is C22H22N6O2. The van der Waals surface area contributed by atoms with Gasteiger partial charge in [-0.15, -0.1) is 0 Å². The van der Waals surface area contributed by atoms with Crippen LogP contribution in [0.25, 0.3) is 0 Å². The number of nitrogens with one attached hydrogen (secondary N) is 1. The molecule has 152 valence electrons. The van der Waals surface area contributed by atoms with Gasteiger partial charge in [0.15, 0.2) is 5.69 Å². The number of likely N-dealkylation sites (tertiary alicyclic amines) is 1. The number of hydrogen-bond acceptors (Lipinski definition) is 5. The van der Waals surface area contributed by atoms with E-state index in [0.29, 0.717) is 24.5 Å². The Bertz CT molecular complexity index is 1080. The number of aromatic amines is 1. The summed E-state index contributed by atoms with van der Waals surface area (Å²) in [6.45, 7) is 1.29. The molecule has 30 heavy (non-hydrogen) atoms. The molecule has 8 heteroatoms. The third kappa shape index (κ3) is 3.24. The van der Waals surface area contributed by atoms with Crippen LogP contribution in [-0.4, -0.2) is 50.0 Å². The maximum Gasteiger partial charge on any atom is 0.278 e. The van der Waals surface area contributed by atoms with Gasteiger partial charge in [0.25, 0.3) is 11.8 Å². The maximum absolute atomic E-state index is 13.1. The largest absolute Gasteiger partial charge is 0.329 e. The average Bonchev–Trinajstić information content (AvgIpc) is 3.46. The third-order valence-electron chi connectivity index (χ3n) is 5.85. The van der Waals surface area contributed by atoms with E-state index < -0.39 is 0 Å². The van der Waals surface area contributed by atoms with Crippen molar-refractivity contribution in [2.24, 2.45) is 0 Å². The van der Waals surface area contributed by atoms with Gasteiger partial charge in [0.1, 0.15) is 5.69 Å². The number of anilines is 1. The van der Waals surface area contributed by atoms with Crippen LogP contribution in [0.15, 0.2) is 48.9 Å². The highest BCUT2D eigenvalue weighted by Crippen LogP contribution is 2.32. The van der Waals surface area contributed by atoms with Crippen LogP contribution in [0.4, 0.5) is 5.69 Å². The zero-order valence-corrected chi connectivity index (χ0v) is 16.5. The molecule has 1 unspecified atom stereocenters. The van der Waals surface area contributed by atoms with Crippen LogP contribution in [0.2, 0.25) is 0 Å². The van der Waals surface area contributed by atoms with Crippen LogP contribution in [0, 0.1) is 0 Å². The summed E-state index contributed by atoms with van der Waals surface area (Å²) in [5, 5.41) is 7.31. The number of para-hydroxylation sites is 1. The molecule has 2 aliphatic heterocycles. The van der Waals surface area contributed by atoms with Crippen molar-refractivity contribution >= 4 is 17.5 Å². The predicted octanol–water partition coefficient (Wildman–Crippen LogP) is 2.77. The fraction of sp³-hybridized carbons (Fsp3) is 0.318. The summed E-state index contributed by atoms with van der Waals surface area (Å²) in [5.74, 6) is -0.270. The van der Waals surface area contributed by atoms with Crippen LogP contribution in [0.5, 0.6) is 0 Å². The van der Waals surface area contributed by atoms with E-state index in [1.165, 1.54) is 18.0 Å². The molecule has 0 spiro atoms. The molecule has 4 heterocycles. The van der Waals surface area contributed by atoms with Gasteiger partial charge >= 0.3 is 0 Å². The van der Waals surface area contributed by atoms with Gasteiger partial charge in [-0.25, -0.2) is 4.98 Å². The molecule has 0 saturated carbocycles. The molecule has 2 amide bonds. The standard InChI is InChI=1S/C22H22N6O2/c29-21(28-12-8-15-5-1-2-6-19(15)28)17-13-16(25-26-17)20-7-3-4-11-27(20)22(30)18-14-23-9-10-24-18/h1-2,5-6,9-10,13-14,20H,3-4,7-8,11-12H2,(H,25,26). The molecule has 5 rings (SSSR count). The first kappa shape index (κ1) is 18.5. The number of nitrogens with zero attached hydrogens (tertiary/aromatic N) is 5. The molecule has 0 aliphatic carbocycles. The minimum Gasteiger partial charge on any atom is -0.329 e. The lowest BCUT2D eigenvalue weighted by Crippen LogP contribution is -2.39. The monoisotopic (exact) mass is 402 g/mol. The Hall–Kier alpha value is -3.55. The number of carbonyl (C=O) groups is 2. The Morgan fingerprint density at radius 2 is 1.93 bits per heavy atom. The summed E-state index contributed by atoms with van der Waals surface area (Å²) >= 11 is 0. The van der Waals surface area contributed by atoms with Gasteiger partial charge in [-0.05, 0) is 43.4 Å². The second-order valence-corrected chi connectivity index (χ2v) is 7.64. The third-order valence-corrected chi connectivity index (χ3v) is 5.85. The highest BCUT2D eigenvalue weighted by Gasteiger charge is 2.32. The Labute approximate surface area is 173 Å². The van der Waals surface area contributed by atoms with E-state index in [2.05, 4.69) is 26.2 Å². The van der Waals surface area contributed by atoms with Crippen molar-refractivity contribution in [2.75, 3.05) is 18.0 Å². The fourth-order valence-corrected chi connectivity index (χ4v) is 4.36. The minimum atomic E-state index is -0.159. The highest BCUT2D eigenvalue weighted by molar-refractivity contribution is 6.06. The van der Waals surface area contributed by atoms with Crippen molar-refractivity contribution in [1.29, 1.82) is 0 Å². The lowest BCUT2D eigenvalue weighted by molar-refractivity contribution is 0.0599. The summed E-state index contributed by atoms with van der Waals surface area (Å²) in [6, 6.07) is 9.58. The molecule has 8 nitrogen and oxygen atoms in total. The molecule has 1 fully saturated rings. The number of carbonyl (C=O) groups excluding carboxylic acids is 2. The minimum absolute atomic E-state index is 0.120. The van der Waals surface area contributed by atoms with Crippen molar-refractivity contribution in [2.45, 2.75) is 31.7 Å². The number of rotatable bonds is 3. The predicted molar refractivity (Wildman–Crippen MR) is 110 cm³/mol. The van der Waals surface area contributed by atoms with Crippen molar-refractivity contribution in [3.8, 4) is 0 Å². The van der Waals surface area contributed by atoms with E-state index in [1.54, 1.807) is 22.1 Å². The normalized spacial score (nSPS) is 18.3. The van der Waals surface area contributed by atoms with E-state index in [0.717, 1.165) is 37.1 Å². The first-order valence-electron chi connectivity index (χ1n) is 10.2. The van der Waals surface area contributed by atoms with Crippen molar-refractivity contribution in [1.82, 2.24) is 25.1 Å². The van der Waals surface area contributed by atoms with Crippen LogP contribution in [0.1, 0.15) is 57.5 Å². The van der Waals surface area contributed by atoms with Crippen LogP contribution < -0.4 is 4.90 Å². The Morgan fingerprint density at radius 1 is 1.03 bits per heavy atom. The quantitative estimate of drug-likeness (QED) is 0.727. The topological polar surface area (TPSA) is 95.1 Å². The Morgan fingerprint density at radius 3 is 2.80 bits per heavy atom. The molecular weight excluding hydrogens is 380 g/mol. The fourth-order valence-electron chi connectivity index (χ4n) is 4.36. The number of piperidine rings is 1. The Balaban J connectivity index is 1.39. The summed E-state index contributed by atoms with van der Waals surface area (Å²) in [5.41, 5.74) is 3.61. The van der Waals surface area contributed by atoms with Gasteiger partial charge in [-0.3, -0.25) is 19.7 Å². The maximum atomic E-state index is 13.1. The summed E-state index contributed by atoms with van der Waals surface area (Å²) in [4.78, 5) is 37.8. The van der Waals surface area contributed by atoms with Gasteiger partial charge in [0.2, 0.25) is 0 Å². The molecule has 1 aromatic carbocycles. The number of amides is 2. The lowest BCUT2D eigenvalue weighted by Gasteiger charge is -2.34. The zero-order chi connectivity index (χ0) is 20.5. The highest BCUT2D eigenvalue weighted by atomic mass is 16.2. The van der Waals surface area contributed by atoms with Crippen molar-refractivity contribution in [3.63, 3.8) is 0 Å². The smallest absolute Gasteiger partial charge is 0.278 e. The number of hydrogen-bond donors (Lipinski definition) is 1. The molecule has 2 aromatic heterocycles. The first-order valence-corrected chi connectivity index (χ1v) is 10.2. The van der Waals surface area contributed by atoms with Crippen LogP contribution in [0.3, 0.4) is 0 Å². The van der Waals surface area contributed by atoms with E-state index in [-0.39, 0.29) is 17.9 Å². The summed E-state index contributed by atoms with van der Waals surface area (Å²) in [7, 11) is 0. The number of fused-ring (bicyclic) bond motifs is 1. The molecule has 3 aromatic rings. The van der Waals surface area contributed by atoms with Gasteiger partial charge in [0.05, 0.1) is 17.9 Å². The Kier molecular flexibility index (Phi) is 4.74. The van der Waals surface area contributed by atoms with Gasteiger partial charge < -0.3 is 9.80 Å². The van der Waals surface area contributed by atoms with E-state index in [4.69, 9.17) is 0 Å². The van der Waals surface area contributed by atoms with Gasteiger partial charge in [0, 0.05) is 31.2 Å². The SMILES string of the molecule is O=C(c1cc(C2CCCCN2C(=O)c2cnccn2)[nH]n1)N1CCc2ccccc21. The molecule has 1 atom stereocenters. The number of aromatic nitrogens is 4. The first-order chi connectivity index (χ1) is 14.7. The van der Waals surface area contributed by atoms with E-state index in [1.807, 2.05) is 18.2 Å². The van der Waals surface area contributed by atoms with E-state index in [9.17, 15) is 9.59 Å². The molecule has 0 bridgehead atoms. The zero-order valence-electron chi connectivity index (χ0n) is 16.5. The van der Waals surface area contributed by atoms with Gasteiger partial charge in [-0.2, -0.15) is 5.10 Å². The molecule has 0 radical (unpaired) electrons. The number of H-pyrrole nitrogens is 1. The van der Waals surface area contributed by atoms with Gasteiger partial charge in [-0.1, -0.05) is 18.2 Å². The van der Waals surface area contributed by atoms with Crippen molar-refractivity contribution < 1.29 is 9.59 Å². The molecule has 1 N–H and O–H groups in total.